The van der Waals surface area contributed by atoms with E-state index in [1.165, 1.54) is 10.5 Å². The van der Waals surface area contributed by atoms with Gasteiger partial charge in [0.2, 0.25) is 11.8 Å². The number of amides is 2. The van der Waals surface area contributed by atoms with Gasteiger partial charge < -0.3 is 10.6 Å². The van der Waals surface area contributed by atoms with Crippen LogP contribution < -0.4 is 5.73 Å². The van der Waals surface area contributed by atoms with E-state index < -0.39 is 5.91 Å². The van der Waals surface area contributed by atoms with Gasteiger partial charge in [-0.1, -0.05) is 25.5 Å². The van der Waals surface area contributed by atoms with Crippen molar-refractivity contribution in [1.82, 2.24) is 4.90 Å². The van der Waals surface area contributed by atoms with Crippen LogP contribution >= 0.6 is 0 Å². The molecular formula is C13H22N2O2. The van der Waals surface area contributed by atoms with Crippen LogP contribution in [-0.2, 0) is 9.59 Å². The molecule has 1 rings (SSSR count). The summed E-state index contributed by atoms with van der Waals surface area (Å²) >= 11 is 0. The van der Waals surface area contributed by atoms with Crippen molar-refractivity contribution >= 4 is 11.8 Å². The maximum absolute atomic E-state index is 12.1. The van der Waals surface area contributed by atoms with Crippen molar-refractivity contribution in [3.05, 3.63) is 11.6 Å². The number of rotatable bonds is 4. The lowest BCUT2D eigenvalue weighted by atomic mass is 10.1. The van der Waals surface area contributed by atoms with Gasteiger partial charge in [0.05, 0.1) is 12.5 Å². The Morgan fingerprint density at radius 1 is 1.35 bits per heavy atom. The molecule has 0 aromatic heterocycles. The van der Waals surface area contributed by atoms with Crippen molar-refractivity contribution in [2.45, 2.75) is 27.7 Å². The second kappa shape index (κ2) is 4.51. The Morgan fingerprint density at radius 3 is 2.29 bits per heavy atom. The van der Waals surface area contributed by atoms with E-state index in [-0.39, 0.29) is 29.7 Å². The van der Waals surface area contributed by atoms with Gasteiger partial charge in [-0.15, -0.1) is 0 Å². The molecule has 1 aliphatic carbocycles. The molecule has 0 unspecified atom stereocenters. The number of carbonyl (C=O) groups excluding carboxylic acids is 2. The van der Waals surface area contributed by atoms with E-state index in [0.717, 1.165) is 0 Å². The van der Waals surface area contributed by atoms with Crippen LogP contribution in [0.25, 0.3) is 0 Å². The summed E-state index contributed by atoms with van der Waals surface area (Å²) in [6.07, 6.45) is 2.14. The molecule has 1 saturated carbocycles. The molecule has 0 radical (unpaired) electrons. The predicted octanol–water partition coefficient (Wildman–Crippen LogP) is 1.17. The lowest BCUT2D eigenvalue weighted by molar-refractivity contribution is -0.135. The van der Waals surface area contributed by atoms with Crippen molar-refractivity contribution in [3.63, 3.8) is 0 Å². The second-order valence-electron chi connectivity index (χ2n) is 5.73. The highest BCUT2D eigenvalue weighted by Crippen LogP contribution is 2.59. The minimum Gasteiger partial charge on any atom is -0.368 e. The summed E-state index contributed by atoms with van der Waals surface area (Å²) in [5.74, 6) is -0.216. The topological polar surface area (TPSA) is 63.4 Å². The third-order valence-corrected chi connectivity index (χ3v) is 3.46. The molecule has 0 heterocycles. The van der Waals surface area contributed by atoms with Crippen molar-refractivity contribution in [3.8, 4) is 0 Å². The Bertz CT molecular complexity index is 368. The first-order chi connectivity index (χ1) is 7.67. The third-order valence-electron chi connectivity index (χ3n) is 3.46. The fourth-order valence-corrected chi connectivity index (χ4v) is 2.37. The zero-order valence-corrected chi connectivity index (χ0v) is 11.3. The highest BCUT2D eigenvalue weighted by Gasteiger charge is 2.60. The van der Waals surface area contributed by atoms with E-state index in [1.54, 1.807) is 7.05 Å². The number of hydrogen-bond acceptors (Lipinski definition) is 2. The van der Waals surface area contributed by atoms with Crippen LogP contribution in [0.15, 0.2) is 11.6 Å². The Balaban J connectivity index is 2.72. The van der Waals surface area contributed by atoms with E-state index >= 15 is 0 Å². The maximum Gasteiger partial charge on any atom is 0.237 e. The van der Waals surface area contributed by atoms with Crippen LogP contribution in [0.5, 0.6) is 0 Å². The highest BCUT2D eigenvalue weighted by molar-refractivity contribution is 5.87. The molecule has 17 heavy (non-hydrogen) atoms. The van der Waals surface area contributed by atoms with Gasteiger partial charge in [-0.25, -0.2) is 0 Å². The van der Waals surface area contributed by atoms with Crippen molar-refractivity contribution < 1.29 is 9.59 Å². The highest BCUT2D eigenvalue weighted by atomic mass is 16.2. The molecule has 4 heteroatoms. The maximum atomic E-state index is 12.1. The third kappa shape index (κ3) is 2.87. The fraction of sp³-hybridized carbons (Fsp3) is 0.692. The summed E-state index contributed by atoms with van der Waals surface area (Å²) in [5, 5.41) is 0. The molecule has 0 saturated heterocycles. The van der Waals surface area contributed by atoms with Gasteiger partial charge in [-0.3, -0.25) is 9.59 Å². The lowest BCUT2D eigenvalue weighted by Crippen LogP contribution is -2.37. The normalized spacial score (nSPS) is 25.0. The first kappa shape index (κ1) is 13.7. The predicted molar refractivity (Wildman–Crippen MR) is 67.0 cm³/mol. The van der Waals surface area contributed by atoms with Gasteiger partial charge in [0, 0.05) is 7.05 Å². The van der Waals surface area contributed by atoms with Crippen LogP contribution in [0.1, 0.15) is 27.7 Å². The molecule has 2 N–H and O–H groups in total. The van der Waals surface area contributed by atoms with E-state index in [1.807, 2.05) is 13.8 Å². The van der Waals surface area contributed by atoms with Crippen LogP contribution in [-0.4, -0.2) is 30.3 Å². The molecule has 96 valence electrons. The number of carbonyl (C=O) groups is 2. The minimum atomic E-state index is -0.474. The summed E-state index contributed by atoms with van der Waals surface area (Å²) in [5.41, 5.74) is 6.29. The number of allylic oxidation sites excluding steroid dienone is 2. The number of likely N-dealkylation sites (N-methyl/N-ethyl adjacent to an activating group) is 1. The molecule has 0 aromatic rings. The minimum absolute atomic E-state index is 0.00699. The molecule has 0 bridgehead atoms. The van der Waals surface area contributed by atoms with Crippen molar-refractivity contribution in [2.24, 2.45) is 23.0 Å². The summed E-state index contributed by atoms with van der Waals surface area (Å²) in [4.78, 5) is 24.4. The van der Waals surface area contributed by atoms with Gasteiger partial charge >= 0.3 is 0 Å². The molecular weight excluding hydrogens is 216 g/mol. The first-order valence-corrected chi connectivity index (χ1v) is 5.86. The number of nitrogens with zero attached hydrogens (tertiary/aromatic N) is 1. The van der Waals surface area contributed by atoms with Gasteiger partial charge in [0.15, 0.2) is 0 Å². The first-order valence-electron chi connectivity index (χ1n) is 5.86. The Kier molecular flexibility index (Phi) is 3.65. The van der Waals surface area contributed by atoms with Crippen molar-refractivity contribution in [2.75, 3.05) is 13.6 Å². The largest absolute Gasteiger partial charge is 0.368 e. The number of nitrogens with two attached hydrogens (primary N) is 1. The van der Waals surface area contributed by atoms with Crippen LogP contribution in [0.3, 0.4) is 0 Å². The molecule has 0 spiro atoms. The molecule has 1 fully saturated rings. The molecule has 2 amide bonds. The summed E-state index contributed by atoms with van der Waals surface area (Å²) in [6.45, 7) is 8.22. The van der Waals surface area contributed by atoms with E-state index in [9.17, 15) is 9.59 Å². The molecule has 1 aliphatic rings. The SMILES string of the molecule is CC(C)=C[C@H]1[C@H](C(=O)N(C)CC(N)=O)C1(C)C. The van der Waals surface area contributed by atoms with E-state index in [0.29, 0.717) is 0 Å². The molecule has 4 nitrogen and oxygen atoms in total. The smallest absolute Gasteiger partial charge is 0.237 e. The van der Waals surface area contributed by atoms with Crippen molar-refractivity contribution in [1.29, 1.82) is 0 Å². The van der Waals surface area contributed by atoms with Crippen LogP contribution in [0.2, 0.25) is 0 Å². The average Bonchev–Trinajstić information content (AvgIpc) is 2.64. The van der Waals surface area contributed by atoms with Gasteiger partial charge in [-0.2, -0.15) is 0 Å². The quantitative estimate of drug-likeness (QED) is 0.747. The fourth-order valence-electron chi connectivity index (χ4n) is 2.37. The molecule has 0 aliphatic heterocycles. The lowest BCUT2D eigenvalue weighted by Gasteiger charge is -2.15. The Morgan fingerprint density at radius 2 is 1.88 bits per heavy atom. The summed E-state index contributed by atoms with van der Waals surface area (Å²) in [7, 11) is 1.63. The Labute approximate surface area is 103 Å². The standard InChI is InChI=1S/C13H22N2O2/c1-8(2)6-9-11(13(9,3)4)12(17)15(5)7-10(14)16/h6,9,11H,7H2,1-5H3,(H2,14,16)/t9-,11+/m0/s1. The van der Waals surface area contributed by atoms with Crippen LogP contribution in [0.4, 0.5) is 0 Å². The van der Waals surface area contributed by atoms with E-state index in [4.69, 9.17) is 5.73 Å². The Hall–Kier alpha value is -1.32. The van der Waals surface area contributed by atoms with Gasteiger partial charge in [0.25, 0.3) is 0 Å². The zero-order valence-electron chi connectivity index (χ0n) is 11.3. The molecule has 0 aromatic carbocycles. The number of primary amides is 1. The average molecular weight is 238 g/mol. The summed E-state index contributed by atoms with van der Waals surface area (Å²) in [6, 6.07) is 0. The van der Waals surface area contributed by atoms with E-state index in [2.05, 4.69) is 19.9 Å². The van der Waals surface area contributed by atoms with Gasteiger partial charge in [0.1, 0.15) is 0 Å². The summed E-state index contributed by atoms with van der Waals surface area (Å²) < 4.78 is 0. The number of hydrogen-bond donors (Lipinski definition) is 1. The molecule has 2 atom stereocenters. The second-order valence-corrected chi connectivity index (χ2v) is 5.73. The van der Waals surface area contributed by atoms with Gasteiger partial charge in [-0.05, 0) is 25.2 Å². The zero-order chi connectivity index (χ0) is 13.4. The van der Waals surface area contributed by atoms with Crippen LogP contribution in [0, 0.1) is 17.3 Å². The monoisotopic (exact) mass is 238 g/mol.